The SMILES string of the molecule is CS(=O)(=O)c1cccc(-c2cc(Cl)ccc2COc2cc(N3CCC4CN[C@H](C(=O)O)CC4CC3)nc(N)n2)c1. The molecule has 2 aliphatic heterocycles. The first-order valence-electron chi connectivity index (χ1n) is 13.1. The number of sulfone groups is 1. The topological polar surface area (TPSA) is 148 Å². The number of nitrogen functional groups attached to an aromatic ring is 1. The number of ether oxygens (including phenoxy) is 1. The summed E-state index contributed by atoms with van der Waals surface area (Å²) < 4.78 is 30.3. The quantitative estimate of drug-likeness (QED) is 0.375. The van der Waals surface area contributed by atoms with Crippen LogP contribution in [0.2, 0.25) is 5.02 Å². The van der Waals surface area contributed by atoms with Crippen LogP contribution in [-0.4, -0.2) is 61.4 Å². The third kappa shape index (κ3) is 6.48. The van der Waals surface area contributed by atoms with Crippen molar-refractivity contribution in [3.8, 4) is 17.0 Å². The first-order chi connectivity index (χ1) is 19.1. The summed E-state index contributed by atoms with van der Waals surface area (Å²) in [6, 6.07) is 13.4. The van der Waals surface area contributed by atoms with Crippen molar-refractivity contribution >= 4 is 39.2 Å². The van der Waals surface area contributed by atoms with E-state index in [9.17, 15) is 18.3 Å². The summed E-state index contributed by atoms with van der Waals surface area (Å²) in [6.45, 7) is 2.36. The Hall–Kier alpha value is -3.41. The van der Waals surface area contributed by atoms with Crippen LogP contribution in [-0.2, 0) is 21.2 Å². The molecule has 1 aromatic heterocycles. The van der Waals surface area contributed by atoms with Gasteiger partial charge in [0, 0.05) is 30.4 Å². The normalized spacial score (nSPS) is 21.4. The van der Waals surface area contributed by atoms with Crippen LogP contribution in [0.4, 0.5) is 11.8 Å². The predicted molar refractivity (Wildman–Crippen MR) is 153 cm³/mol. The van der Waals surface area contributed by atoms with Crippen LogP contribution in [0.25, 0.3) is 11.1 Å². The molecule has 0 radical (unpaired) electrons. The van der Waals surface area contributed by atoms with Crippen molar-refractivity contribution in [2.45, 2.75) is 36.8 Å². The van der Waals surface area contributed by atoms with Gasteiger partial charge in [0.25, 0.3) is 0 Å². The Bertz CT molecular complexity index is 1520. The van der Waals surface area contributed by atoms with Gasteiger partial charge in [0.1, 0.15) is 18.5 Å². The van der Waals surface area contributed by atoms with E-state index in [1.165, 1.54) is 6.26 Å². The molecule has 0 amide bonds. The van der Waals surface area contributed by atoms with Crippen LogP contribution in [0.5, 0.6) is 5.88 Å². The Morgan fingerprint density at radius 1 is 1.15 bits per heavy atom. The molecule has 3 atom stereocenters. The number of aromatic nitrogens is 2. The zero-order chi connectivity index (χ0) is 28.4. The highest BCUT2D eigenvalue weighted by atomic mass is 35.5. The Labute approximate surface area is 238 Å². The van der Waals surface area contributed by atoms with E-state index in [1.807, 2.05) is 12.1 Å². The van der Waals surface area contributed by atoms with E-state index >= 15 is 0 Å². The minimum Gasteiger partial charge on any atom is -0.480 e. The molecule has 4 N–H and O–H groups in total. The second kappa shape index (κ2) is 11.6. The van der Waals surface area contributed by atoms with Gasteiger partial charge in [-0.3, -0.25) is 4.79 Å². The smallest absolute Gasteiger partial charge is 0.320 e. The lowest BCUT2D eigenvalue weighted by molar-refractivity contribution is -0.140. The number of nitrogens with two attached hydrogens (primary N) is 1. The fraction of sp³-hybridized carbons (Fsp3) is 0.393. The van der Waals surface area contributed by atoms with Crippen LogP contribution < -0.4 is 20.7 Å². The largest absolute Gasteiger partial charge is 0.480 e. The molecule has 0 saturated carbocycles. The summed E-state index contributed by atoms with van der Waals surface area (Å²) in [5, 5.41) is 13.1. The highest BCUT2D eigenvalue weighted by Crippen LogP contribution is 2.34. The van der Waals surface area contributed by atoms with Crippen molar-refractivity contribution in [1.29, 1.82) is 0 Å². The Morgan fingerprint density at radius 3 is 2.67 bits per heavy atom. The maximum absolute atomic E-state index is 12.1. The summed E-state index contributed by atoms with van der Waals surface area (Å²) in [4.78, 5) is 22.6. The number of anilines is 2. The van der Waals surface area contributed by atoms with Crippen LogP contribution in [0.15, 0.2) is 53.4 Å². The number of carbonyl (C=O) groups is 1. The second-order valence-electron chi connectivity index (χ2n) is 10.4. The molecule has 2 unspecified atom stereocenters. The zero-order valence-corrected chi connectivity index (χ0v) is 23.7. The molecular weight excluding hydrogens is 554 g/mol. The number of aliphatic carboxylic acids is 1. The number of halogens is 1. The van der Waals surface area contributed by atoms with Gasteiger partial charge in [-0.1, -0.05) is 29.8 Å². The lowest BCUT2D eigenvalue weighted by Crippen LogP contribution is -2.47. The van der Waals surface area contributed by atoms with Gasteiger partial charge in [0.15, 0.2) is 9.84 Å². The van der Waals surface area contributed by atoms with Gasteiger partial charge in [0.2, 0.25) is 11.8 Å². The van der Waals surface area contributed by atoms with Crippen LogP contribution >= 0.6 is 11.6 Å². The monoisotopic (exact) mass is 585 g/mol. The average molecular weight is 586 g/mol. The molecule has 12 heteroatoms. The lowest BCUT2D eigenvalue weighted by Gasteiger charge is -2.33. The molecule has 212 valence electrons. The van der Waals surface area contributed by atoms with E-state index in [2.05, 4.69) is 20.2 Å². The summed E-state index contributed by atoms with van der Waals surface area (Å²) >= 11 is 6.29. The zero-order valence-electron chi connectivity index (χ0n) is 22.1. The molecular formula is C28H32ClN5O5S. The summed E-state index contributed by atoms with van der Waals surface area (Å²) in [5.74, 6) is 1.05. The number of nitrogens with zero attached hydrogens (tertiary/aromatic N) is 3. The third-order valence-electron chi connectivity index (χ3n) is 7.72. The number of hydrogen-bond donors (Lipinski definition) is 3. The Kier molecular flexibility index (Phi) is 8.16. The first kappa shape index (κ1) is 28.1. The molecule has 0 aliphatic carbocycles. The molecule has 2 aliphatic rings. The summed E-state index contributed by atoms with van der Waals surface area (Å²) in [5.41, 5.74) is 8.32. The van der Waals surface area contributed by atoms with Crippen molar-refractivity contribution in [2.24, 2.45) is 11.8 Å². The van der Waals surface area contributed by atoms with Crippen molar-refractivity contribution in [3.63, 3.8) is 0 Å². The standard InChI is InChI=1S/C28H32ClN5O5S/c1-40(37,38)22-4-2-3-18(11-22)23-13-21(29)6-5-20(23)16-39-26-14-25(32-28(30)33-26)34-9-7-17-12-24(27(35)36)31-15-19(17)8-10-34/h2-6,11,13-14,17,19,24,31H,7-10,12,15-16H2,1H3,(H,35,36)(H2,30,32,33)/t17?,19?,24-/m0/s1. The molecule has 40 heavy (non-hydrogen) atoms. The molecule has 3 heterocycles. The molecule has 0 spiro atoms. The fourth-order valence-electron chi connectivity index (χ4n) is 5.56. The van der Waals surface area contributed by atoms with E-state index in [0.717, 1.165) is 37.1 Å². The molecule has 10 nitrogen and oxygen atoms in total. The number of rotatable bonds is 7. The summed E-state index contributed by atoms with van der Waals surface area (Å²) in [7, 11) is -3.38. The van der Waals surface area contributed by atoms with Crippen LogP contribution in [0.3, 0.4) is 0 Å². The average Bonchev–Trinajstić information content (AvgIpc) is 3.14. The van der Waals surface area contributed by atoms with E-state index in [4.69, 9.17) is 22.1 Å². The summed E-state index contributed by atoms with van der Waals surface area (Å²) in [6.07, 6.45) is 3.60. The van der Waals surface area contributed by atoms with Gasteiger partial charge in [-0.15, -0.1) is 0 Å². The molecule has 5 rings (SSSR count). The maximum atomic E-state index is 12.1. The van der Waals surface area contributed by atoms with E-state index in [0.29, 0.717) is 47.1 Å². The molecule has 2 aromatic carbocycles. The number of carboxylic acid groups (broad SMARTS) is 1. The van der Waals surface area contributed by atoms with Crippen molar-refractivity contribution in [2.75, 3.05) is 36.5 Å². The van der Waals surface area contributed by atoms with Crippen LogP contribution in [0.1, 0.15) is 24.8 Å². The van der Waals surface area contributed by atoms with Gasteiger partial charge in [0.05, 0.1) is 4.90 Å². The molecule has 3 aromatic rings. The maximum Gasteiger partial charge on any atom is 0.320 e. The highest BCUT2D eigenvalue weighted by molar-refractivity contribution is 7.90. The van der Waals surface area contributed by atoms with Gasteiger partial charge >= 0.3 is 5.97 Å². The third-order valence-corrected chi connectivity index (χ3v) is 9.07. The van der Waals surface area contributed by atoms with Gasteiger partial charge < -0.3 is 25.8 Å². The second-order valence-corrected chi connectivity index (χ2v) is 12.9. The predicted octanol–water partition coefficient (Wildman–Crippen LogP) is 3.64. The number of fused-ring (bicyclic) bond motifs is 1. The highest BCUT2D eigenvalue weighted by Gasteiger charge is 2.35. The first-order valence-corrected chi connectivity index (χ1v) is 15.4. The number of piperidine rings is 1. The van der Waals surface area contributed by atoms with Crippen molar-refractivity contribution < 1.29 is 23.1 Å². The molecule has 0 bridgehead atoms. The number of carboxylic acids is 1. The Morgan fingerprint density at radius 2 is 1.93 bits per heavy atom. The lowest BCUT2D eigenvalue weighted by atomic mass is 9.80. The number of benzene rings is 2. The van der Waals surface area contributed by atoms with E-state index in [1.54, 1.807) is 36.4 Å². The van der Waals surface area contributed by atoms with Gasteiger partial charge in [-0.2, -0.15) is 9.97 Å². The van der Waals surface area contributed by atoms with Gasteiger partial charge in [-0.25, -0.2) is 8.42 Å². The van der Waals surface area contributed by atoms with Crippen LogP contribution in [0, 0.1) is 11.8 Å². The van der Waals surface area contributed by atoms with E-state index < -0.39 is 21.8 Å². The Balaban J connectivity index is 1.33. The van der Waals surface area contributed by atoms with Gasteiger partial charge in [-0.05, 0) is 78.6 Å². The molecule has 2 fully saturated rings. The minimum absolute atomic E-state index is 0.0963. The fourth-order valence-corrected chi connectivity index (χ4v) is 6.40. The molecule has 2 saturated heterocycles. The minimum atomic E-state index is -3.38. The van der Waals surface area contributed by atoms with Crippen molar-refractivity contribution in [1.82, 2.24) is 15.3 Å². The number of nitrogens with one attached hydrogen (secondary N) is 1. The number of hydrogen-bond acceptors (Lipinski definition) is 9. The van der Waals surface area contributed by atoms with Crippen molar-refractivity contribution in [3.05, 3.63) is 59.1 Å². The van der Waals surface area contributed by atoms with E-state index in [-0.39, 0.29) is 17.5 Å².